The molecule has 2 heterocycles. The lowest BCUT2D eigenvalue weighted by Gasteiger charge is -2.33. The van der Waals surface area contributed by atoms with Gasteiger partial charge in [0.2, 0.25) is 0 Å². The van der Waals surface area contributed by atoms with Crippen LogP contribution in [0.5, 0.6) is 0 Å². The van der Waals surface area contributed by atoms with E-state index in [0.717, 1.165) is 26.2 Å². The molecule has 0 aromatic carbocycles. The summed E-state index contributed by atoms with van der Waals surface area (Å²) in [5.74, 6) is 0.644. The van der Waals surface area contributed by atoms with Crippen LogP contribution < -0.4 is 5.32 Å². The number of rotatable bonds is 5. The summed E-state index contributed by atoms with van der Waals surface area (Å²) < 4.78 is 11.6. The molecule has 4 atom stereocenters. The van der Waals surface area contributed by atoms with Crippen molar-refractivity contribution in [3.8, 4) is 0 Å². The highest BCUT2D eigenvalue weighted by Gasteiger charge is 2.31. The summed E-state index contributed by atoms with van der Waals surface area (Å²) in [6, 6.07) is 0.642. The van der Waals surface area contributed by atoms with Crippen molar-refractivity contribution in [2.45, 2.75) is 64.2 Å². The first kappa shape index (κ1) is 13.3. The topological polar surface area (TPSA) is 30.5 Å². The molecule has 2 aliphatic heterocycles. The molecule has 4 unspecified atom stereocenters. The van der Waals surface area contributed by atoms with Crippen LogP contribution in [0.1, 0.15) is 46.0 Å². The van der Waals surface area contributed by atoms with Crippen LogP contribution in [0, 0.1) is 5.92 Å². The highest BCUT2D eigenvalue weighted by Crippen LogP contribution is 2.28. The van der Waals surface area contributed by atoms with Crippen LogP contribution in [0.15, 0.2) is 0 Å². The quantitative estimate of drug-likeness (QED) is 0.801. The molecule has 1 N–H and O–H groups in total. The van der Waals surface area contributed by atoms with Gasteiger partial charge in [0.1, 0.15) is 0 Å². The van der Waals surface area contributed by atoms with Gasteiger partial charge in [0.15, 0.2) is 0 Å². The number of nitrogens with one attached hydrogen (secondary N) is 1. The van der Waals surface area contributed by atoms with Gasteiger partial charge in [0.25, 0.3) is 0 Å². The summed E-state index contributed by atoms with van der Waals surface area (Å²) in [5.41, 5.74) is 0. The van der Waals surface area contributed by atoms with Crippen molar-refractivity contribution in [3.05, 3.63) is 0 Å². The second-order valence-electron chi connectivity index (χ2n) is 5.57. The molecule has 0 bridgehead atoms. The second kappa shape index (κ2) is 6.72. The van der Waals surface area contributed by atoms with Gasteiger partial charge in [0, 0.05) is 18.6 Å². The molecule has 0 spiro atoms. The summed E-state index contributed by atoms with van der Waals surface area (Å²) in [6.45, 7) is 7.37. The van der Waals surface area contributed by atoms with E-state index in [1.165, 1.54) is 25.7 Å². The molecule has 0 aromatic rings. The van der Waals surface area contributed by atoms with Crippen molar-refractivity contribution in [2.75, 3.05) is 19.8 Å². The van der Waals surface area contributed by atoms with Crippen LogP contribution in [-0.4, -0.2) is 38.0 Å². The molecule has 0 saturated carbocycles. The molecule has 2 fully saturated rings. The number of ether oxygens (including phenoxy) is 2. The molecule has 0 aliphatic carbocycles. The lowest BCUT2D eigenvalue weighted by molar-refractivity contribution is -0.0104. The molecule has 2 saturated heterocycles. The van der Waals surface area contributed by atoms with E-state index >= 15 is 0 Å². The summed E-state index contributed by atoms with van der Waals surface area (Å²) in [6.07, 6.45) is 6.94. The monoisotopic (exact) mass is 241 g/mol. The zero-order valence-electron chi connectivity index (χ0n) is 11.3. The van der Waals surface area contributed by atoms with Gasteiger partial charge >= 0.3 is 0 Å². The van der Waals surface area contributed by atoms with E-state index in [0.29, 0.717) is 24.2 Å². The highest BCUT2D eigenvalue weighted by molar-refractivity contribution is 4.83. The Labute approximate surface area is 105 Å². The van der Waals surface area contributed by atoms with Gasteiger partial charge in [-0.15, -0.1) is 0 Å². The van der Waals surface area contributed by atoms with Crippen LogP contribution >= 0.6 is 0 Å². The van der Waals surface area contributed by atoms with Crippen LogP contribution in [0.2, 0.25) is 0 Å². The largest absolute Gasteiger partial charge is 0.381 e. The Morgan fingerprint density at radius 3 is 2.82 bits per heavy atom. The first-order chi connectivity index (χ1) is 8.29. The SMILES string of the molecule is CCCNC1CCOCC1CC1CCC(C)O1. The Kier molecular flexibility index (Phi) is 5.26. The van der Waals surface area contributed by atoms with Gasteiger partial charge in [-0.3, -0.25) is 0 Å². The third-order valence-corrected chi connectivity index (χ3v) is 4.02. The zero-order chi connectivity index (χ0) is 12.1. The third kappa shape index (κ3) is 3.94. The third-order valence-electron chi connectivity index (χ3n) is 4.02. The molecule has 3 heteroatoms. The van der Waals surface area contributed by atoms with Gasteiger partial charge in [-0.2, -0.15) is 0 Å². The van der Waals surface area contributed by atoms with Crippen LogP contribution in [0.25, 0.3) is 0 Å². The Morgan fingerprint density at radius 2 is 2.12 bits per heavy atom. The zero-order valence-corrected chi connectivity index (χ0v) is 11.3. The normalized spacial score (nSPS) is 38.5. The van der Waals surface area contributed by atoms with Crippen molar-refractivity contribution < 1.29 is 9.47 Å². The summed E-state index contributed by atoms with van der Waals surface area (Å²) in [5, 5.41) is 3.67. The van der Waals surface area contributed by atoms with Gasteiger partial charge in [-0.25, -0.2) is 0 Å². The molecule has 2 rings (SSSR count). The van der Waals surface area contributed by atoms with Crippen LogP contribution in [0.3, 0.4) is 0 Å². The van der Waals surface area contributed by atoms with E-state index in [1.807, 2.05) is 0 Å². The fourth-order valence-corrected chi connectivity index (χ4v) is 3.02. The van der Waals surface area contributed by atoms with E-state index in [-0.39, 0.29) is 0 Å². The summed E-state index contributed by atoms with van der Waals surface area (Å²) in [4.78, 5) is 0. The van der Waals surface area contributed by atoms with Crippen molar-refractivity contribution >= 4 is 0 Å². The van der Waals surface area contributed by atoms with Crippen molar-refractivity contribution in [3.63, 3.8) is 0 Å². The van der Waals surface area contributed by atoms with E-state index in [4.69, 9.17) is 9.47 Å². The minimum absolute atomic E-state index is 0.464. The molecule has 0 amide bonds. The predicted molar refractivity (Wildman–Crippen MR) is 69.2 cm³/mol. The first-order valence-electron chi connectivity index (χ1n) is 7.26. The van der Waals surface area contributed by atoms with Gasteiger partial charge in [-0.05, 0) is 45.6 Å². The molecule has 0 aromatic heterocycles. The average molecular weight is 241 g/mol. The Morgan fingerprint density at radius 1 is 1.24 bits per heavy atom. The van der Waals surface area contributed by atoms with E-state index < -0.39 is 0 Å². The number of hydrogen-bond donors (Lipinski definition) is 1. The van der Waals surface area contributed by atoms with Gasteiger partial charge in [0.05, 0.1) is 18.8 Å². The van der Waals surface area contributed by atoms with Crippen LogP contribution in [-0.2, 0) is 9.47 Å². The lowest BCUT2D eigenvalue weighted by Crippen LogP contribution is -2.44. The molecular formula is C14H27NO2. The molecule has 17 heavy (non-hydrogen) atoms. The second-order valence-corrected chi connectivity index (χ2v) is 5.57. The molecule has 0 radical (unpaired) electrons. The maximum Gasteiger partial charge on any atom is 0.0583 e. The Balaban J connectivity index is 1.79. The van der Waals surface area contributed by atoms with Crippen molar-refractivity contribution in [2.24, 2.45) is 5.92 Å². The van der Waals surface area contributed by atoms with E-state index in [1.54, 1.807) is 0 Å². The minimum Gasteiger partial charge on any atom is -0.381 e. The summed E-state index contributed by atoms with van der Waals surface area (Å²) in [7, 11) is 0. The fourth-order valence-electron chi connectivity index (χ4n) is 3.02. The number of hydrogen-bond acceptors (Lipinski definition) is 3. The highest BCUT2D eigenvalue weighted by atomic mass is 16.5. The summed E-state index contributed by atoms with van der Waals surface area (Å²) >= 11 is 0. The molecule has 2 aliphatic rings. The smallest absolute Gasteiger partial charge is 0.0583 e. The average Bonchev–Trinajstić information content (AvgIpc) is 2.74. The van der Waals surface area contributed by atoms with E-state index in [9.17, 15) is 0 Å². The van der Waals surface area contributed by atoms with Crippen molar-refractivity contribution in [1.82, 2.24) is 5.32 Å². The standard InChI is InChI=1S/C14H27NO2/c1-3-7-15-14-6-8-16-10-12(14)9-13-5-4-11(2)17-13/h11-15H,3-10H2,1-2H3. The van der Waals surface area contributed by atoms with Crippen LogP contribution in [0.4, 0.5) is 0 Å². The first-order valence-corrected chi connectivity index (χ1v) is 7.26. The fraction of sp³-hybridized carbons (Fsp3) is 1.00. The predicted octanol–water partition coefficient (Wildman–Crippen LogP) is 2.35. The van der Waals surface area contributed by atoms with E-state index in [2.05, 4.69) is 19.2 Å². The van der Waals surface area contributed by atoms with Gasteiger partial charge in [-0.1, -0.05) is 6.92 Å². The molecule has 3 nitrogen and oxygen atoms in total. The molecule has 100 valence electrons. The molecular weight excluding hydrogens is 214 g/mol. The lowest BCUT2D eigenvalue weighted by atomic mass is 9.89. The van der Waals surface area contributed by atoms with Gasteiger partial charge < -0.3 is 14.8 Å². The van der Waals surface area contributed by atoms with Crippen molar-refractivity contribution in [1.29, 1.82) is 0 Å². The maximum absolute atomic E-state index is 5.93. The Bertz CT molecular complexity index is 222. The Hall–Kier alpha value is -0.120. The maximum atomic E-state index is 5.93. The minimum atomic E-state index is 0.464.